The van der Waals surface area contributed by atoms with Crippen LogP contribution in [0.2, 0.25) is 0 Å². The minimum atomic E-state index is -0.468. The van der Waals surface area contributed by atoms with Gasteiger partial charge < -0.3 is 14.9 Å². The van der Waals surface area contributed by atoms with Gasteiger partial charge in [-0.2, -0.15) is 0 Å². The van der Waals surface area contributed by atoms with Crippen LogP contribution in [0.1, 0.15) is 31.2 Å². The number of nitrogens with one attached hydrogen (secondary N) is 1. The van der Waals surface area contributed by atoms with E-state index in [4.69, 9.17) is 9.57 Å². The molecule has 36 heavy (non-hydrogen) atoms. The Hall–Kier alpha value is -4.16. The molecule has 3 aromatic rings. The first kappa shape index (κ1) is 23.6. The zero-order valence-electron chi connectivity index (χ0n) is 20.3. The van der Waals surface area contributed by atoms with Crippen LogP contribution >= 0.6 is 11.3 Å². The third-order valence-electron chi connectivity index (χ3n) is 5.63. The Morgan fingerprint density at radius 1 is 0.889 bits per heavy atom. The molecule has 2 aliphatic heterocycles. The zero-order chi connectivity index (χ0) is 25.1. The number of nitrogens with zero attached hydrogens (tertiary/aromatic N) is 1. The Balaban J connectivity index is 1.46. The van der Waals surface area contributed by atoms with Crippen molar-refractivity contribution >= 4 is 39.8 Å². The third-order valence-corrected chi connectivity index (χ3v) is 6.59. The molecule has 3 heterocycles. The molecule has 0 bridgehead atoms. The van der Waals surface area contributed by atoms with E-state index in [0.29, 0.717) is 22.6 Å². The topological polar surface area (TPSA) is 59.9 Å². The van der Waals surface area contributed by atoms with Crippen LogP contribution < -0.4 is 5.32 Å². The summed E-state index contributed by atoms with van der Waals surface area (Å²) >= 11 is 1.65. The van der Waals surface area contributed by atoms with E-state index in [0.717, 1.165) is 26.9 Å². The van der Waals surface area contributed by atoms with Gasteiger partial charge in [0.25, 0.3) is 0 Å². The lowest BCUT2D eigenvalue weighted by molar-refractivity contribution is -0.136. The van der Waals surface area contributed by atoms with Crippen LogP contribution in [-0.2, 0) is 14.4 Å². The maximum Gasteiger partial charge on any atom is 0.368 e. The maximum atomic E-state index is 12.7. The first-order valence-electron chi connectivity index (χ1n) is 11.7. The molecule has 5 nitrogen and oxygen atoms in total. The average Bonchev–Trinajstić information content (AvgIpc) is 3.49. The summed E-state index contributed by atoms with van der Waals surface area (Å²) in [5, 5.41) is 8.54. The predicted molar refractivity (Wildman–Crippen MR) is 146 cm³/mol. The van der Waals surface area contributed by atoms with Gasteiger partial charge in [0, 0.05) is 21.5 Å². The molecule has 5 rings (SSSR count). The van der Waals surface area contributed by atoms with Crippen molar-refractivity contribution in [2.45, 2.75) is 20.8 Å². The summed E-state index contributed by atoms with van der Waals surface area (Å²) in [5.41, 5.74) is 3.28. The van der Waals surface area contributed by atoms with Crippen molar-refractivity contribution in [3.05, 3.63) is 124 Å². The minimum absolute atomic E-state index is 0.262. The Labute approximate surface area is 214 Å². The molecule has 1 N–H and O–H groups in total. The molecule has 1 aromatic heterocycles. The molecular formula is C30H26N2O3S. The van der Waals surface area contributed by atoms with E-state index in [9.17, 15) is 4.79 Å². The van der Waals surface area contributed by atoms with E-state index in [2.05, 4.69) is 43.4 Å². The summed E-state index contributed by atoms with van der Waals surface area (Å²) in [6.45, 7) is 6.23. The third kappa shape index (κ3) is 5.24. The van der Waals surface area contributed by atoms with Crippen molar-refractivity contribution in [2.24, 2.45) is 10.6 Å². The average molecular weight is 495 g/mol. The minimum Gasteiger partial charge on any atom is -0.461 e. The molecule has 0 saturated carbocycles. The largest absolute Gasteiger partial charge is 0.461 e. The highest BCUT2D eigenvalue weighted by Crippen LogP contribution is 2.36. The highest BCUT2D eigenvalue weighted by atomic mass is 32.1. The second-order valence-corrected chi connectivity index (χ2v) is 10.6. The van der Waals surface area contributed by atoms with Crippen molar-refractivity contribution in [1.29, 1.82) is 0 Å². The molecule has 0 fully saturated rings. The number of para-hydroxylation sites is 1. The number of benzene rings is 2. The number of carbonyl (C=O) groups is 1. The van der Waals surface area contributed by atoms with Gasteiger partial charge in [-0.15, -0.1) is 11.3 Å². The van der Waals surface area contributed by atoms with Crippen LogP contribution in [0.5, 0.6) is 0 Å². The number of anilines is 2. The second kappa shape index (κ2) is 9.84. The van der Waals surface area contributed by atoms with E-state index in [1.807, 2.05) is 85.0 Å². The molecule has 0 saturated heterocycles. The second-order valence-electron chi connectivity index (χ2n) is 9.45. The highest BCUT2D eigenvalue weighted by molar-refractivity contribution is 7.17. The van der Waals surface area contributed by atoms with Gasteiger partial charge in [0.1, 0.15) is 17.2 Å². The van der Waals surface area contributed by atoms with Crippen LogP contribution in [0.4, 0.5) is 10.7 Å². The molecule has 6 heteroatoms. The summed E-state index contributed by atoms with van der Waals surface area (Å²) in [6, 6.07) is 23.8. The van der Waals surface area contributed by atoms with Gasteiger partial charge in [0.05, 0.1) is 10.6 Å². The van der Waals surface area contributed by atoms with Crippen LogP contribution in [0.3, 0.4) is 0 Å². The number of carbonyl (C=O) groups excluding carboxylic acids is 1. The number of allylic oxidation sites excluding steroid dienone is 5. The lowest BCUT2D eigenvalue weighted by Crippen LogP contribution is -2.17. The number of hydrogen-bond donors (Lipinski definition) is 1. The fraction of sp³-hybridized carbons (Fsp3) is 0.133. The SMILES string of the molecule is CC(C)(C)C1=CC(=C2C(=O)ON=C2c2ccccc2)C=C(C=Cc2ccc(Nc3ccccc3)s2)O1. The van der Waals surface area contributed by atoms with Crippen LogP contribution in [-0.4, -0.2) is 11.7 Å². The van der Waals surface area contributed by atoms with Gasteiger partial charge in [0.15, 0.2) is 0 Å². The van der Waals surface area contributed by atoms with Gasteiger partial charge in [-0.05, 0) is 54.1 Å². The Bertz CT molecular complexity index is 1440. The summed E-state index contributed by atoms with van der Waals surface area (Å²) in [5.74, 6) is 0.935. The lowest BCUT2D eigenvalue weighted by atomic mass is 9.89. The molecule has 0 spiro atoms. The highest BCUT2D eigenvalue weighted by Gasteiger charge is 2.32. The van der Waals surface area contributed by atoms with Crippen molar-refractivity contribution in [3.8, 4) is 0 Å². The monoisotopic (exact) mass is 494 g/mol. The number of oxime groups is 1. The van der Waals surface area contributed by atoms with Crippen molar-refractivity contribution in [1.82, 2.24) is 0 Å². The quantitative estimate of drug-likeness (QED) is 0.293. The Morgan fingerprint density at radius 3 is 2.33 bits per heavy atom. The number of thiophene rings is 1. The molecule has 2 aliphatic rings. The fourth-order valence-corrected chi connectivity index (χ4v) is 4.61. The first-order chi connectivity index (χ1) is 17.4. The van der Waals surface area contributed by atoms with E-state index < -0.39 is 5.97 Å². The van der Waals surface area contributed by atoms with Crippen LogP contribution in [0.25, 0.3) is 6.08 Å². The summed E-state index contributed by atoms with van der Waals surface area (Å²) < 4.78 is 6.24. The number of hydrogen-bond acceptors (Lipinski definition) is 6. The van der Waals surface area contributed by atoms with Crippen LogP contribution in [0, 0.1) is 5.41 Å². The van der Waals surface area contributed by atoms with Crippen molar-refractivity contribution in [2.75, 3.05) is 5.32 Å². The lowest BCUT2D eigenvalue weighted by Gasteiger charge is -2.27. The Kier molecular flexibility index (Phi) is 6.44. The van der Waals surface area contributed by atoms with Gasteiger partial charge in [-0.1, -0.05) is 74.5 Å². The van der Waals surface area contributed by atoms with Gasteiger partial charge in [0.2, 0.25) is 0 Å². The molecular weight excluding hydrogens is 468 g/mol. The maximum absolute atomic E-state index is 12.7. The van der Waals surface area contributed by atoms with E-state index in [1.54, 1.807) is 11.3 Å². The summed E-state index contributed by atoms with van der Waals surface area (Å²) in [6.07, 6.45) is 7.71. The molecule has 0 unspecified atom stereocenters. The van der Waals surface area contributed by atoms with E-state index >= 15 is 0 Å². The van der Waals surface area contributed by atoms with Gasteiger partial charge in [-0.3, -0.25) is 0 Å². The number of ether oxygens (including phenoxy) is 1. The van der Waals surface area contributed by atoms with Crippen molar-refractivity contribution in [3.63, 3.8) is 0 Å². The van der Waals surface area contributed by atoms with Gasteiger partial charge >= 0.3 is 5.97 Å². The summed E-state index contributed by atoms with van der Waals surface area (Å²) in [7, 11) is 0. The van der Waals surface area contributed by atoms with Crippen LogP contribution in [0.15, 0.2) is 119 Å². The number of rotatable bonds is 5. The van der Waals surface area contributed by atoms with E-state index in [-0.39, 0.29) is 5.41 Å². The predicted octanol–water partition coefficient (Wildman–Crippen LogP) is 7.61. The molecule has 2 aromatic carbocycles. The normalized spacial score (nSPS) is 17.9. The molecule has 180 valence electrons. The zero-order valence-corrected chi connectivity index (χ0v) is 21.1. The summed E-state index contributed by atoms with van der Waals surface area (Å²) in [4.78, 5) is 18.9. The first-order valence-corrected chi connectivity index (χ1v) is 12.5. The molecule has 0 aliphatic carbocycles. The molecule has 0 atom stereocenters. The standard InChI is InChI=1S/C30H26N2O3S/c1-30(2,3)25-19-21(27-28(32-35-29(27)33)20-10-6-4-7-11-20)18-23(34-25)14-15-24-16-17-26(36-24)31-22-12-8-5-9-13-22/h4-19,31H,1-3H3. The molecule has 0 radical (unpaired) electrons. The van der Waals surface area contributed by atoms with E-state index in [1.165, 1.54) is 0 Å². The van der Waals surface area contributed by atoms with Gasteiger partial charge in [-0.25, -0.2) is 4.79 Å². The smallest absolute Gasteiger partial charge is 0.368 e. The fourth-order valence-electron chi connectivity index (χ4n) is 3.78. The molecule has 0 amide bonds. The Morgan fingerprint density at radius 2 is 1.61 bits per heavy atom. The van der Waals surface area contributed by atoms with Crippen molar-refractivity contribution < 1.29 is 14.4 Å².